The first-order chi connectivity index (χ1) is 8.95. The van der Waals surface area contributed by atoms with Gasteiger partial charge in [0.2, 0.25) is 10.0 Å². The van der Waals surface area contributed by atoms with Gasteiger partial charge in [0.1, 0.15) is 0 Å². The Morgan fingerprint density at radius 3 is 2.53 bits per heavy atom. The van der Waals surface area contributed by atoms with E-state index >= 15 is 0 Å². The van der Waals surface area contributed by atoms with Crippen LogP contribution in [-0.2, 0) is 16.6 Å². The summed E-state index contributed by atoms with van der Waals surface area (Å²) in [5.74, 6) is 0.695. The van der Waals surface area contributed by atoms with Gasteiger partial charge in [-0.1, -0.05) is 6.92 Å². The van der Waals surface area contributed by atoms with E-state index in [9.17, 15) is 8.42 Å². The van der Waals surface area contributed by atoms with E-state index in [2.05, 4.69) is 11.9 Å². The molecule has 0 saturated heterocycles. The molecule has 1 aromatic rings. The minimum atomic E-state index is -3.45. The third-order valence-electron chi connectivity index (χ3n) is 4.06. The lowest BCUT2D eigenvalue weighted by Gasteiger charge is -2.32. The van der Waals surface area contributed by atoms with Crippen molar-refractivity contribution in [2.45, 2.75) is 50.2 Å². The highest BCUT2D eigenvalue weighted by Crippen LogP contribution is 2.29. The molecule has 0 atom stereocenters. The van der Waals surface area contributed by atoms with Crippen LogP contribution in [0.2, 0.25) is 0 Å². The number of aromatic nitrogens is 1. The summed E-state index contributed by atoms with van der Waals surface area (Å²) in [6.45, 7) is 2.03. The number of hydrogen-bond acceptors (Lipinski definition) is 3. The first-order valence-electron chi connectivity index (χ1n) is 6.71. The molecule has 0 spiro atoms. The predicted octanol–water partition coefficient (Wildman–Crippen LogP) is 1.71. The molecule has 0 aliphatic heterocycles. The Kier molecular flexibility index (Phi) is 4.32. The van der Waals surface area contributed by atoms with E-state index in [-0.39, 0.29) is 17.5 Å². The van der Waals surface area contributed by atoms with Crippen LogP contribution in [0, 0.1) is 5.92 Å². The lowest BCUT2D eigenvalue weighted by molar-refractivity contribution is 0.246. The van der Waals surface area contributed by atoms with Crippen LogP contribution in [0.3, 0.4) is 0 Å². The second-order valence-electron chi connectivity index (χ2n) is 5.45. The summed E-state index contributed by atoms with van der Waals surface area (Å²) in [5, 5.41) is 8.99. The predicted molar refractivity (Wildman–Crippen MR) is 73.1 cm³/mol. The molecule has 0 radical (unpaired) electrons. The molecule has 5 nitrogen and oxygen atoms in total. The van der Waals surface area contributed by atoms with Crippen LogP contribution in [0.1, 0.15) is 38.3 Å². The smallest absolute Gasteiger partial charge is 0.244 e. The standard InChI is InChI=1S/C13H22N2O3S/c1-10-3-5-12(6-4-10)15(2)19(17,18)13-7-11(9-16)14-8-13/h7-8,10,12,14,16H,3-6,9H2,1-2H3. The lowest BCUT2D eigenvalue weighted by atomic mass is 9.87. The first kappa shape index (κ1) is 14.6. The van der Waals surface area contributed by atoms with Gasteiger partial charge in [0.05, 0.1) is 11.5 Å². The average Bonchev–Trinajstić information content (AvgIpc) is 2.88. The number of hydrogen-bond donors (Lipinski definition) is 2. The summed E-state index contributed by atoms with van der Waals surface area (Å²) >= 11 is 0. The maximum atomic E-state index is 12.5. The number of aliphatic hydroxyl groups is 1. The highest BCUT2D eigenvalue weighted by Gasteiger charge is 2.31. The molecule has 1 heterocycles. The molecule has 0 aromatic carbocycles. The molecule has 2 N–H and O–H groups in total. The maximum Gasteiger partial charge on any atom is 0.244 e. The van der Waals surface area contributed by atoms with Crippen LogP contribution < -0.4 is 0 Å². The third-order valence-corrected chi connectivity index (χ3v) is 5.95. The van der Waals surface area contributed by atoms with Gasteiger partial charge in [0.15, 0.2) is 0 Å². The zero-order chi connectivity index (χ0) is 14.0. The van der Waals surface area contributed by atoms with Crippen LogP contribution in [0.5, 0.6) is 0 Å². The molecule has 0 unspecified atom stereocenters. The Balaban J connectivity index is 2.14. The summed E-state index contributed by atoms with van der Waals surface area (Å²) in [6.07, 6.45) is 5.46. The molecule has 108 valence electrons. The van der Waals surface area contributed by atoms with E-state index < -0.39 is 10.0 Å². The largest absolute Gasteiger partial charge is 0.390 e. The molecule has 6 heteroatoms. The van der Waals surface area contributed by atoms with Gasteiger partial charge in [-0.2, -0.15) is 4.31 Å². The number of sulfonamides is 1. The summed E-state index contributed by atoms with van der Waals surface area (Å²) < 4.78 is 26.4. The number of aliphatic hydroxyl groups excluding tert-OH is 1. The van der Waals surface area contributed by atoms with Gasteiger partial charge in [-0.25, -0.2) is 8.42 Å². The van der Waals surface area contributed by atoms with Crippen molar-refractivity contribution in [3.63, 3.8) is 0 Å². The van der Waals surface area contributed by atoms with Gasteiger partial charge in [-0.05, 0) is 37.7 Å². The van der Waals surface area contributed by atoms with Gasteiger partial charge < -0.3 is 10.1 Å². The fraction of sp³-hybridized carbons (Fsp3) is 0.692. The van der Waals surface area contributed by atoms with Crippen molar-refractivity contribution < 1.29 is 13.5 Å². The fourth-order valence-electron chi connectivity index (χ4n) is 2.63. The van der Waals surface area contributed by atoms with Crippen LogP contribution in [0.25, 0.3) is 0 Å². The van der Waals surface area contributed by atoms with Crippen LogP contribution in [0.4, 0.5) is 0 Å². The van der Waals surface area contributed by atoms with Crippen molar-refractivity contribution >= 4 is 10.0 Å². The molecule has 19 heavy (non-hydrogen) atoms. The normalized spacial score (nSPS) is 24.8. The van der Waals surface area contributed by atoms with E-state index in [1.807, 2.05) is 0 Å². The Morgan fingerprint density at radius 1 is 1.37 bits per heavy atom. The van der Waals surface area contributed by atoms with Gasteiger partial charge in [0, 0.05) is 25.0 Å². The Labute approximate surface area is 114 Å². The minimum Gasteiger partial charge on any atom is -0.390 e. The van der Waals surface area contributed by atoms with Crippen LogP contribution in [-0.4, -0.2) is 35.9 Å². The van der Waals surface area contributed by atoms with Crippen LogP contribution >= 0.6 is 0 Å². The minimum absolute atomic E-state index is 0.0914. The summed E-state index contributed by atoms with van der Waals surface area (Å²) in [5.41, 5.74) is 0.518. The second kappa shape index (κ2) is 5.64. The molecular formula is C13H22N2O3S. The molecule has 1 aliphatic carbocycles. The van der Waals surface area contributed by atoms with E-state index in [4.69, 9.17) is 5.11 Å². The van der Waals surface area contributed by atoms with Gasteiger partial charge in [-0.3, -0.25) is 0 Å². The first-order valence-corrected chi connectivity index (χ1v) is 8.15. The average molecular weight is 286 g/mol. The van der Waals surface area contributed by atoms with Crippen molar-refractivity contribution in [2.75, 3.05) is 7.05 Å². The maximum absolute atomic E-state index is 12.5. The fourth-order valence-corrected chi connectivity index (χ4v) is 4.06. The van der Waals surface area contributed by atoms with Crippen molar-refractivity contribution in [1.82, 2.24) is 9.29 Å². The van der Waals surface area contributed by atoms with E-state index in [1.165, 1.54) is 16.6 Å². The van der Waals surface area contributed by atoms with Gasteiger partial charge >= 0.3 is 0 Å². The third kappa shape index (κ3) is 3.01. The Bertz CT molecular complexity index is 516. The zero-order valence-corrected chi connectivity index (χ0v) is 12.3. The number of nitrogens with zero attached hydrogens (tertiary/aromatic N) is 1. The lowest BCUT2D eigenvalue weighted by Crippen LogP contribution is -2.39. The summed E-state index contributed by atoms with van der Waals surface area (Å²) in [7, 11) is -1.80. The van der Waals surface area contributed by atoms with E-state index in [0.29, 0.717) is 11.6 Å². The summed E-state index contributed by atoms with van der Waals surface area (Å²) in [6, 6.07) is 1.59. The van der Waals surface area contributed by atoms with Gasteiger partial charge in [0.25, 0.3) is 0 Å². The highest BCUT2D eigenvalue weighted by molar-refractivity contribution is 7.89. The quantitative estimate of drug-likeness (QED) is 0.885. The summed E-state index contributed by atoms with van der Waals surface area (Å²) in [4.78, 5) is 3.00. The number of H-pyrrole nitrogens is 1. The number of nitrogens with one attached hydrogen (secondary N) is 1. The zero-order valence-electron chi connectivity index (χ0n) is 11.5. The number of aromatic amines is 1. The van der Waals surface area contributed by atoms with Crippen molar-refractivity contribution in [2.24, 2.45) is 5.92 Å². The molecular weight excluding hydrogens is 264 g/mol. The molecule has 0 amide bonds. The second-order valence-corrected chi connectivity index (χ2v) is 7.45. The van der Waals surface area contributed by atoms with Crippen LogP contribution in [0.15, 0.2) is 17.2 Å². The molecule has 1 aliphatic rings. The van der Waals surface area contributed by atoms with E-state index in [0.717, 1.165) is 25.7 Å². The van der Waals surface area contributed by atoms with Gasteiger partial charge in [-0.15, -0.1) is 0 Å². The van der Waals surface area contributed by atoms with Crippen molar-refractivity contribution in [3.8, 4) is 0 Å². The Morgan fingerprint density at radius 2 is 2.00 bits per heavy atom. The monoisotopic (exact) mass is 286 g/mol. The SMILES string of the molecule is CC1CCC(N(C)S(=O)(=O)c2c[nH]c(CO)c2)CC1. The van der Waals surface area contributed by atoms with Crippen molar-refractivity contribution in [3.05, 3.63) is 18.0 Å². The number of rotatable bonds is 4. The Hall–Kier alpha value is -0.850. The molecule has 2 rings (SSSR count). The molecule has 1 saturated carbocycles. The molecule has 0 bridgehead atoms. The highest BCUT2D eigenvalue weighted by atomic mass is 32.2. The van der Waals surface area contributed by atoms with E-state index in [1.54, 1.807) is 7.05 Å². The van der Waals surface area contributed by atoms with Crippen molar-refractivity contribution in [1.29, 1.82) is 0 Å². The topological polar surface area (TPSA) is 73.4 Å². The molecule has 1 aromatic heterocycles. The molecule has 1 fully saturated rings.